The lowest BCUT2D eigenvalue weighted by atomic mass is 9.97. The van der Waals surface area contributed by atoms with Crippen molar-refractivity contribution < 1.29 is 17.9 Å². The highest BCUT2D eigenvalue weighted by Crippen LogP contribution is 2.37. The molecule has 1 atom stereocenters. The molecule has 118 valence electrons. The number of sulfonamides is 1. The summed E-state index contributed by atoms with van der Waals surface area (Å²) in [6.07, 6.45) is 1.66. The Kier molecular flexibility index (Phi) is 4.07. The molecule has 0 spiro atoms. The average molecular weight is 316 g/mol. The van der Waals surface area contributed by atoms with E-state index in [9.17, 15) is 13.2 Å². The van der Waals surface area contributed by atoms with Gasteiger partial charge in [-0.2, -0.15) is 4.31 Å². The molecule has 0 amide bonds. The first-order valence-corrected chi connectivity index (χ1v) is 8.17. The van der Waals surface area contributed by atoms with Crippen LogP contribution in [-0.2, 0) is 26.1 Å². The summed E-state index contributed by atoms with van der Waals surface area (Å²) in [6.45, 7) is 5.90. The van der Waals surface area contributed by atoms with Crippen LogP contribution >= 0.6 is 0 Å². The van der Waals surface area contributed by atoms with Crippen LogP contribution < -0.4 is 0 Å². The number of rotatable bonds is 4. The van der Waals surface area contributed by atoms with E-state index in [1.807, 2.05) is 0 Å². The molecule has 0 saturated carbocycles. The van der Waals surface area contributed by atoms with Gasteiger partial charge in [-0.3, -0.25) is 4.79 Å². The van der Waals surface area contributed by atoms with Gasteiger partial charge in [-0.1, -0.05) is 5.21 Å². The third-order valence-corrected chi connectivity index (χ3v) is 5.85. The zero-order chi connectivity index (χ0) is 15.8. The van der Waals surface area contributed by atoms with E-state index in [0.717, 1.165) is 0 Å². The SMILES string of the molecule is CCn1nncc1S(=O)(=O)N1CC(C(=O)OC)CC1(C)C. The van der Waals surface area contributed by atoms with Crippen molar-refractivity contribution in [3.05, 3.63) is 6.20 Å². The standard InChI is InChI=1S/C12H20N4O4S/c1-5-15-10(7-13-14-15)21(18,19)16-8-9(11(17)20-4)6-12(16,2)3/h7,9H,5-6,8H2,1-4H3. The van der Waals surface area contributed by atoms with Gasteiger partial charge in [0.1, 0.15) is 0 Å². The zero-order valence-electron chi connectivity index (χ0n) is 12.6. The number of aryl methyl sites for hydroxylation is 1. The van der Waals surface area contributed by atoms with E-state index in [-0.39, 0.29) is 17.5 Å². The van der Waals surface area contributed by atoms with Gasteiger partial charge in [-0.15, -0.1) is 5.10 Å². The summed E-state index contributed by atoms with van der Waals surface area (Å²) in [5, 5.41) is 7.47. The van der Waals surface area contributed by atoms with Gasteiger partial charge in [-0.05, 0) is 27.2 Å². The van der Waals surface area contributed by atoms with Gasteiger partial charge in [0.25, 0.3) is 10.0 Å². The van der Waals surface area contributed by atoms with Crippen molar-refractivity contribution in [3.63, 3.8) is 0 Å². The number of carbonyl (C=O) groups is 1. The predicted molar refractivity (Wildman–Crippen MR) is 73.8 cm³/mol. The number of methoxy groups -OCH3 is 1. The van der Waals surface area contributed by atoms with E-state index in [2.05, 4.69) is 10.3 Å². The predicted octanol–water partition coefficient (Wildman–Crippen LogP) is 0.260. The minimum absolute atomic E-state index is 0.0450. The lowest BCUT2D eigenvalue weighted by Crippen LogP contribution is -2.43. The number of hydrogen-bond donors (Lipinski definition) is 0. The Morgan fingerprint density at radius 2 is 2.19 bits per heavy atom. The maximum atomic E-state index is 12.8. The lowest BCUT2D eigenvalue weighted by molar-refractivity contribution is -0.144. The molecule has 2 heterocycles. The summed E-state index contributed by atoms with van der Waals surface area (Å²) in [4.78, 5) is 11.7. The Hall–Kier alpha value is -1.48. The first kappa shape index (κ1) is 15.9. The third-order valence-electron chi connectivity index (χ3n) is 3.78. The van der Waals surface area contributed by atoms with Gasteiger partial charge < -0.3 is 4.74 Å². The van der Waals surface area contributed by atoms with Crippen LogP contribution in [-0.4, -0.2) is 52.9 Å². The Balaban J connectivity index is 2.38. The summed E-state index contributed by atoms with van der Waals surface area (Å²) in [5.41, 5.74) is -0.666. The van der Waals surface area contributed by atoms with Crippen molar-refractivity contribution >= 4 is 16.0 Å². The third kappa shape index (κ3) is 2.67. The quantitative estimate of drug-likeness (QED) is 0.740. The topological polar surface area (TPSA) is 94.4 Å². The number of nitrogens with zero attached hydrogens (tertiary/aromatic N) is 4. The Bertz CT molecular complexity index is 637. The van der Waals surface area contributed by atoms with Crippen LogP contribution in [0.5, 0.6) is 0 Å². The molecule has 2 rings (SSSR count). The summed E-state index contributed by atoms with van der Waals surface area (Å²) < 4.78 is 33.0. The largest absolute Gasteiger partial charge is 0.469 e. The van der Waals surface area contributed by atoms with Crippen molar-refractivity contribution in [1.82, 2.24) is 19.3 Å². The number of hydrogen-bond acceptors (Lipinski definition) is 6. The zero-order valence-corrected chi connectivity index (χ0v) is 13.4. The highest BCUT2D eigenvalue weighted by molar-refractivity contribution is 7.89. The fourth-order valence-corrected chi connectivity index (χ4v) is 4.68. The van der Waals surface area contributed by atoms with E-state index in [1.54, 1.807) is 20.8 Å². The molecule has 1 unspecified atom stereocenters. The number of carbonyl (C=O) groups excluding carboxylic acids is 1. The Morgan fingerprint density at radius 3 is 2.76 bits per heavy atom. The van der Waals surface area contributed by atoms with Gasteiger partial charge in [0, 0.05) is 18.6 Å². The van der Waals surface area contributed by atoms with Crippen molar-refractivity contribution in [2.75, 3.05) is 13.7 Å². The molecule has 1 aliphatic rings. The van der Waals surface area contributed by atoms with Crippen molar-refractivity contribution in [1.29, 1.82) is 0 Å². The summed E-state index contributed by atoms with van der Waals surface area (Å²) in [5.74, 6) is -0.839. The van der Waals surface area contributed by atoms with Gasteiger partial charge in [0.05, 0.1) is 19.2 Å². The van der Waals surface area contributed by atoms with E-state index in [0.29, 0.717) is 13.0 Å². The van der Waals surface area contributed by atoms with Gasteiger partial charge in [0.15, 0.2) is 5.03 Å². The summed E-state index contributed by atoms with van der Waals surface area (Å²) in [7, 11) is -2.45. The van der Waals surface area contributed by atoms with Gasteiger partial charge >= 0.3 is 5.97 Å². The second-order valence-electron chi connectivity index (χ2n) is 5.66. The number of aromatic nitrogens is 3. The van der Waals surface area contributed by atoms with Gasteiger partial charge in [0.2, 0.25) is 0 Å². The van der Waals surface area contributed by atoms with E-state index < -0.39 is 21.5 Å². The molecule has 1 saturated heterocycles. The molecule has 21 heavy (non-hydrogen) atoms. The fourth-order valence-electron chi connectivity index (χ4n) is 2.74. The van der Waals surface area contributed by atoms with Crippen LogP contribution in [0.15, 0.2) is 11.2 Å². The number of ether oxygens (including phenoxy) is 1. The van der Waals surface area contributed by atoms with Crippen molar-refractivity contribution in [2.45, 2.75) is 44.3 Å². The normalized spacial score (nSPS) is 22.4. The van der Waals surface area contributed by atoms with E-state index in [1.165, 1.54) is 22.3 Å². The molecule has 1 aliphatic heterocycles. The molecule has 9 heteroatoms. The molecule has 1 aromatic rings. The molecular formula is C12H20N4O4S. The van der Waals surface area contributed by atoms with Crippen LogP contribution in [0, 0.1) is 5.92 Å². The molecule has 0 N–H and O–H groups in total. The minimum atomic E-state index is -3.76. The highest BCUT2D eigenvalue weighted by Gasteiger charge is 2.49. The highest BCUT2D eigenvalue weighted by atomic mass is 32.2. The maximum absolute atomic E-state index is 12.8. The van der Waals surface area contributed by atoms with E-state index in [4.69, 9.17) is 4.74 Å². The van der Waals surface area contributed by atoms with Gasteiger partial charge in [-0.25, -0.2) is 13.1 Å². The molecule has 0 aliphatic carbocycles. The van der Waals surface area contributed by atoms with Crippen molar-refractivity contribution in [2.24, 2.45) is 5.92 Å². The first-order valence-electron chi connectivity index (χ1n) is 6.73. The average Bonchev–Trinajstić information content (AvgIpc) is 3.01. The lowest BCUT2D eigenvalue weighted by Gasteiger charge is -2.29. The van der Waals surface area contributed by atoms with Crippen LogP contribution in [0.4, 0.5) is 0 Å². The maximum Gasteiger partial charge on any atom is 0.310 e. The molecule has 8 nitrogen and oxygen atoms in total. The fraction of sp³-hybridized carbons (Fsp3) is 0.750. The smallest absolute Gasteiger partial charge is 0.310 e. The van der Waals surface area contributed by atoms with Crippen LogP contribution in [0.1, 0.15) is 27.2 Å². The number of esters is 1. The molecular weight excluding hydrogens is 296 g/mol. The Labute approximate surface area is 124 Å². The van der Waals surface area contributed by atoms with Crippen LogP contribution in [0.3, 0.4) is 0 Å². The minimum Gasteiger partial charge on any atom is -0.469 e. The first-order chi connectivity index (χ1) is 9.74. The van der Waals surface area contributed by atoms with Crippen LogP contribution in [0.2, 0.25) is 0 Å². The molecule has 1 fully saturated rings. The van der Waals surface area contributed by atoms with Crippen LogP contribution in [0.25, 0.3) is 0 Å². The molecule has 0 aromatic carbocycles. The molecule has 1 aromatic heterocycles. The second kappa shape index (κ2) is 5.38. The van der Waals surface area contributed by atoms with E-state index >= 15 is 0 Å². The summed E-state index contributed by atoms with van der Waals surface area (Å²) in [6, 6.07) is 0. The van der Waals surface area contributed by atoms with Crippen molar-refractivity contribution in [3.8, 4) is 0 Å². The second-order valence-corrected chi connectivity index (χ2v) is 7.47. The summed E-state index contributed by atoms with van der Waals surface area (Å²) >= 11 is 0. The Morgan fingerprint density at radius 1 is 1.52 bits per heavy atom. The molecule has 0 bridgehead atoms. The monoisotopic (exact) mass is 316 g/mol. The molecule has 0 radical (unpaired) electrons.